The summed E-state index contributed by atoms with van der Waals surface area (Å²) in [6.07, 6.45) is 4.25. The molecule has 6 nitrogen and oxygen atoms in total. The summed E-state index contributed by atoms with van der Waals surface area (Å²) in [6, 6.07) is 28.4. The molecule has 4 aromatic rings. The predicted octanol–water partition coefficient (Wildman–Crippen LogP) is 6.18. The minimum Gasteiger partial charge on any atom is -0.457 e. The second kappa shape index (κ2) is 11.3. The highest BCUT2D eigenvalue weighted by atomic mass is 16.5. The normalized spacial score (nSPS) is 17.2. The number of pyridine rings is 1. The first-order valence-corrected chi connectivity index (χ1v) is 13.0. The summed E-state index contributed by atoms with van der Waals surface area (Å²) in [4.78, 5) is 19.7. The topological polar surface area (TPSA) is 66.5 Å². The van der Waals surface area contributed by atoms with Crippen LogP contribution in [0.5, 0.6) is 11.5 Å². The van der Waals surface area contributed by atoms with E-state index in [2.05, 4.69) is 53.9 Å². The molecule has 0 aliphatic heterocycles. The molecule has 1 aliphatic rings. The molecule has 3 aromatic carbocycles. The van der Waals surface area contributed by atoms with Crippen molar-refractivity contribution in [1.82, 2.24) is 10.3 Å². The maximum Gasteiger partial charge on any atom is 0.224 e. The van der Waals surface area contributed by atoms with E-state index in [0.29, 0.717) is 12.5 Å². The molecule has 5 rings (SSSR count). The molecule has 1 amide bonds. The number of carbonyl (C=O) groups is 1. The quantitative estimate of drug-likeness (QED) is 0.306. The van der Waals surface area contributed by atoms with E-state index >= 15 is 0 Å². The van der Waals surface area contributed by atoms with Crippen LogP contribution in [0.1, 0.15) is 31.2 Å². The molecule has 0 atom stereocenters. The zero-order chi connectivity index (χ0) is 25.6. The largest absolute Gasteiger partial charge is 0.457 e. The van der Waals surface area contributed by atoms with Crippen molar-refractivity contribution in [3.05, 3.63) is 90.5 Å². The maximum absolute atomic E-state index is 12.8. The Bertz CT molecular complexity index is 1350. The average molecular weight is 495 g/mol. The van der Waals surface area contributed by atoms with Gasteiger partial charge in [0.2, 0.25) is 5.91 Å². The minimum atomic E-state index is 0.0556. The molecule has 6 heteroatoms. The van der Waals surface area contributed by atoms with Crippen molar-refractivity contribution in [1.29, 1.82) is 0 Å². The van der Waals surface area contributed by atoms with Crippen molar-refractivity contribution >= 4 is 28.3 Å². The molecule has 1 saturated carbocycles. The van der Waals surface area contributed by atoms with E-state index in [1.54, 1.807) is 0 Å². The minimum absolute atomic E-state index is 0.0556. The van der Waals surface area contributed by atoms with Crippen molar-refractivity contribution in [2.45, 2.75) is 44.2 Å². The average Bonchev–Trinajstić information content (AvgIpc) is 2.90. The number of anilines is 2. The molecule has 2 N–H and O–H groups in total. The maximum atomic E-state index is 12.8. The zero-order valence-corrected chi connectivity index (χ0v) is 21.5. The molecule has 190 valence electrons. The van der Waals surface area contributed by atoms with Crippen LogP contribution in [0, 0.1) is 0 Å². The number of rotatable bonds is 8. The Morgan fingerprint density at radius 2 is 1.57 bits per heavy atom. The highest BCUT2D eigenvalue weighted by Gasteiger charge is 2.23. The summed E-state index contributed by atoms with van der Waals surface area (Å²) in [7, 11) is 4.12. The van der Waals surface area contributed by atoms with E-state index in [1.807, 2.05) is 60.7 Å². The van der Waals surface area contributed by atoms with Gasteiger partial charge in [-0.2, -0.15) is 0 Å². The lowest BCUT2D eigenvalue weighted by molar-refractivity contribution is -0.121. The molecule has 1 aliphatic carbocycles. The number of hydrogen-bond acceptors (Lipinski definition) is 5. The van der Waals surface area contributed by atoms with Crippen LogP contribution < -0.4 is 20.3 Å². The fourth-order valence-electron chi connectivity index (χ4n) is 5.00. The van der Waals surface area contributed by atoms with Gasteiger partial charge in [0.15, 0.2) is 0 Å². The Morgan fingerprint density at radius 1 is 0.865 bits per heavy atom. The molecule has 1 fully saturated rings. The van der Waals surface area contributed by atoms with Crippen LogP contribution in [0.25, 0.3) is 10.9 Å². The van der Waals surface area contributed by atoms with Crippen molar-refractivity contribution < 1.29 is 9.53 Å². The molecule has 0 bridgehead atoms. The second-order valence-electron chi connectivity index (χ2n) is 9.94. The van der Waals surface area contributed by atoms with Crippen molar-refractivity contribution in [2.24, 2.45) is 0 Å². The first kappa shape index (κ1) is 24.6. The fourth-order valence-corrected chi connectivity index (χ4v) is 5.00. The molecule has 37 heavy (non-hydrogen) atoms. The molecule has 0 unspecified atom stereocenters. The smallest absolute Gasteiger partial charge is 0.224 e. The summed E-state index contributed by atoms with van der Waals surface area (Å²) in [5.74, 6) is 2.49. The van der Waals surface area contributed by atoms with Crippen molar-refractivity contribution in [3.8, 4) is 11.5 Å². The molecule has 1 aromatic heterocycles. The Labute approximate surface area is 218 Å². The van der Waals surface area contributed by atoms with E-state index in [9.17, 15) is 4.79 Å². The number of benzene rings is 3. The summed E-state index contributed by atoms with van der Waals surface area (Å²) >= 11 is 0. The third-order valence-electron chi connectivity index (χ3n) is 6.86. The summed E-state index contributed by atoms with van der Waals surface area (Å²) < 4.78 is 5.91. The van der Waals surface area contributed by atoms with Gasteiger partial charge in [-0.05, 0) is 61.6 Å². The van der Waals surface area contributed by atoms with Gasteiger partial charge in [0.05, 0.1) is 11.9 Å². The summed E-state index contributed by atoms with van der Waals surface area (Å²) in [6.45, 7) is 0. The lowest BCUT2D eigenvalue weighted by atomic mass is 9.91. The van der Waals surface area contributed by atoms with E-state index < -0.39 is 0 Å². The lowest BCUT2D eigenvalue weighted by Crippen LogP contribution is -2.40. The van der Waals surface area contributed by atoms with Crippen LogP contribution in [0.4, 0.5) is 11.5 Å². The van der Waals surface area contributed by atoms with Gasteiger partial charge in [-0.25, -0.2) is 4.98 Å². The number of ether oxygens (including phenoxy) is 1. The number of para-hydroxylation sites is 2. The van der Waals surface area contributed by atoms with Crippen molar-refractivity contribution in [3.63, 3.8) is 0 Å². The Kier molecular flexibility index (Phi) is 7.54. The van der Waals surface area contributed by atoms with Crippen LogP contribution >= 0.6 is 0 Å². The van der Waals surface area contributed by atoms with Gasteiger partial charge in [-0.15, -0.1) is 0 Å². The highest BCUT2D eigenvalue weighted by Crippen LogP contribution is 2.29. The van der Waals surface area contributed by atoms with Crippen LogP contribution in [-0.2, 0) is 11.2 Å². The van der Waals surface area contributed by atoms with E-state index in [-0.39, 0.29) is 11.9 Å². The molecular formula is C31H34N4O2. The van der Waals surface area contributed by atoms with Crippen LogP contribution in [0.15, 0.2) is 84.9 Å². The Balaban J connectivity index is 1.13. The highest BCUT2D eigenvalue weighted by molar-refractivity contribution is 5.93. The number of nitrogens with one attached hydrogen (secondary N) is 2. The molecule has 1 heterocycles. The first-order valence-electron chi connectivity index (χ1n) is 13.0. The monoisotopic (exact) mass is 494 g/mol. The number of aromatic nitrogens is 1. The second-order valence-corrected chi connectivity index (χ2v) is 9.94. The number of fused-ring (bicyclic) bond motifs is 1. The van der Waals surface area contributed by atoms with Gasteiger partial charge in [0.1, 0.15) is 17.3 Å². The fraction of sp³-hybridized carbons (Fsp3) is 0.290. The number of carbonyl (C=O) groups excluding carboxylic acids is 1. The molecular weight excluding hydrogens is 460 g/mol. The molecule has 0 saturated heterocycles. The molecule has 0 radical (unpaired) electrons. The number of nitrogens with zero attached hydrogens (tertiary/aromatic N) is 2. The van der Waals surface area contributed by atoms with E-state index in [1.165, 1.54) is 0 Å². The third-order valence-corrected chi connectivity index (χ3v) is 6.86. The number of hydrogen-bond donors (Lipinski definition) is 2. The predicted molar refractivity (Wildman–Crippen MR) is 151 cm³/mol. The van der Waals surface area contributed by atoms with Gasteiger partial charge in [-0.1, -0.05) is 48.5 Å². The first-order chi connectivity index (χ1) is 18.0. The van der Waals surface area contributed by atoms with E-state index in [0.717, 1.165) is 65.2 Å². The zero-order valence-electron chi connectivity index (χ0n) is 21.5. The van der Waals surface area contributed by atoms with Crippen molar-refractivity contribution in [2.75, 3.05) is 24.3 Å². The standard InChI is InChI=1S/C31H34N4O2/c1-35(2)29-21-30(34-28-14-7-6-13-27(28)29)32-23-15-17-24(18-16-23)33-31(36)20-22-9-8-12-26(19-22)37-25-10-4-3-5-11-25/h3-14,19,21,23-24H,15-18,20H2,1-2H3,(H,32,34)(H,33,36)/t23-,24+. The van der Waals surface area contributed by atoms with Crippen LogP contribution in [-0.4, -0.2) is 37.1 Å². The van der Waals surface area contributed by atoms with Gasteiger partial charge < -0.3 is 20.3 Å². The lowest BCUT2D eigenvalue weighted by Gasteiger charge is -2.30. The Morgan fingerprint density at radius 3 is 2.35 bits per heavy atom. The number of amides is 1. The van der Waals surface area contributed by atoms with Gasteiger partial charge >= 0.3 is 0 Å². The van der Waals surface area contributed by atoms with Crippen LogP contribution in [0.3, 0.4) is 0 Å². The third kappa shape index (κ3) is 6.39. The SMILES string of the molecule is CN(C)c1cc(N[C@H]2CC[C@@H](NC(=O)Cc3cccc(Oc4ccccc4)c3)CC2)nc2ccccc12. The van der Waals surface area contributed by atoms with Gasteiger partial charge in [0, 0.05) is 43.3 Å². The van der Waals surface area contributed by atoms with Gasteiger partial charge in [-0.3, -0.25) is 4.79 Å². The Hall–Kier alpha value is -4.06. The summed E-state index contributed by atoms with van der Waals surface area (Å²) in [5.41, 5.74) is 3.10. The van der Waals surface area contributed by atoms with E-state index in [4.69, 9.17) is 9.72 Å². The van der Waals surface area contributed by atoms with Gasteiger partial charge in [0.25, 0.3) is 0 Å². The molecule has 0 spiro atoms. The van der Waals surface area contributed by atoms with Crippen LogP contribution in [0.2, 0.25) is 0 Å². The summed E-state index contributed by atoms with van der Waals surface area (Å²) in [5, 5.41) is 8.04.